The summed E-state index contributed by atoms with van der Waals surface area (Å²) in [5.74, 6) is -1.18. The third-order valence-electron chi connectivity index (χ3n) is 4.77. The van der Waals surface area contributed by atoms with E-state index >= 15 is 0 Å². The summed E-state index contributed by atoms with van der Waals surface area (Å²) in [7, 11) is 2.87. The molecule has 3 atom stereocenters. The number of carbonyl (C=O) groups is 6. The molecule has 2 aliphatic heterocycles. The summed E-state index contributed by atoms with van der Waals surface area (Å²) in [5.41, 5.74) is 0. The summed E-state index contributed by atoms with van der Waals surface area (Å²) in [6.45, 7) is 2.15. The first-order valence-corrected chi connectivity index (χ1v) is 11.3. The standard InChI is InChI=1S/C18H25N3O6S2/c1-10(4-11(22)8-28-12-5-15(24)20(2)17(12)26)7-19-14(23)9-29-13-6-16(25)21(3)18(13)27/h10,12-13H,4-9H2,1-3H3,(H,19,23). The number of ketones is 1. The molecule has 11 heteroatoms. The number of thioether (sulfide) groups is 2. The number of imide groups is 2. The summed E-state index contributed by atoms with van der Waals surface area (Å²) in [6.07, 6.45) is 0.494. The van der Waals surface area contributed by atoms with Crippen molar-refractivity contribution in [1.29, 1.82) is 0 Å². The van der Waals surface area contributed by atoms with E-state index in [1.54, 1.807) is 0 Å². The number of nitrogens with one attached hydrogen (secondary N) is 1. The molecule has 29 heavy (non-hydrogen) atoms. The van der Waals surface area contributed by atoms with Crippen LogP contribution in [0.5, 0.6) is 0 Å². The molecule has 1 N–H and O–H groups in total. The third-order valence-corrected chi connectivity index (χ3v) is 7.22. The molecular formula is C18H25N3O6S2. The lowest BCUT2D eigenvalue weighted by atomic mass is 10.1. The number of likely N-dealkylation sites (tertiary alicyclic amines) is 2. The molecule has 160 valence electrons. The Morgan fingerprint density at radius 1 is 0.966 bits per heavy atom. The van der Waals surface area contributed by atoms with Crippen LogP contribution in [0.25, 0.3) is 0 Å². The molecule has 5 amide bonds. The van der Waals surface area contributed by atoms with Crippen molar-refractivity contribution in [3.8, 4) is 0 Å². The highest BCUT2D eigenvalue weighted by Gasteiger charge is 2.37. The molecule has 2 heterocycles. The van der Waals surface area contributed by atoms with Crippen LogP contribution in [0.2, 0.25) is 0 Å². The number of rotatable bonds is 10. The van der Waals surface area contributed by atoms with Crippen LogP contribution < -0.4 is 5.32 Å². The topological polar surface area (TPSA) is 121 Å². The lowest BCUT2D eigenvalue weighted by Crippen LogP contribution is -2.32. The Morgan fingerprint density at radius 3 is 1.90 bits per heavy atom. The van der Waals surface area contributed by atoms with E-state index in [1.807, 2.05) is 6.92 Å². The van der Waals surface area contributed by atoms with E-state index in [-0.39, 0.29) is 72.0 Å². The predicted molar refractivity (Wildman–Crippen MR) is 109 cm³/mol. The maximum atomic E-state index is 12.1. The molecule has 2 rings (SSSR count). The van der Waals surface area contributed by atoms with Gasteiger partial charge in [-0.2, -0.15) is 0 Å². The van der Waals surface area contributed by atoms with Gasteiger partial charge in [0, 0.05) is 39.9 Å². The van der Waals surface area contributed by atoms with Crippen molar-refractivity contribution in [3.05, 3.63) is 0 Å². The zero-order valence-corrected chi connectivity index (χ0v) is 18.3. The van der Waals surface area contributed by atoms with Gasteiger partial charge in [0.1, 0.15) is 5.78 Å². The van der Waals surface area contributed by atoms with Crippen molar-refractivity contribution in [3.63, 3.8) is 0 Å². The zero-order chi connectivity index (χ0) is 21.7. The van der Waals surface area contributed by atoms with E-state index in [1.165, 1.54) is 25.9 Å². The maximum Gasteiger partial charge on any atom is 0.242 e. The minimum Gasteiger partial charge on any atom is -0.355 e. The fourth-order valence-electron chi connectivity index (χ4n) is 2.93. The molecule has 0 spiro atoms. The monoisotopic (exact) mass is 443 g/mol. The smallest absolute Gasteiger partial charge is 0.242 e. The minimum atomic E-state index is -0.515. The molecule has 2 fully saturated rings. The third kappa shape index (κ3) is 6.30. The number of nitrogens with zero attached hydrogens (tertiary/aromatic N) is 2. The second-order valence-electron chi connectivity index (χ2n) is 7.24. The number of carbonyl (C=O) groups excluding carboxylic acids is 6. The van der Waals surface area contributed by atoms with Crippen molar-refractivity contribution >= 4 is 58.8 Å². The zero-order valence-electron chi connectivity index (χ0n) is 16.6. The lowest BCUT2D eigenvalue weighted by Gasteiger charge is -2.13. The predicted octanol–water partition coefficient (Wildman–Crippen LogP) is -0.321. The molecule has 0 bridgehead atoms. The number of hydrogen-bond acceptors (Lipinski definition) is 8. The molecule has 0 aromatic rings. The maximum absolute atomic E-state index is 12.1. The minimum absolute atomic E-state index is 0.0426. The van der Waals surface area contributed by atoms with E-state index < -0.39 is 10.5 Å². The molecule has 3 unspecified atom stereocenters. The molecular weight excluding hydrogens is 418 g/mol. The van der Waals surface area contributed by atoms with Gasteiger partial charge in [-0.25, -0.2) is 0 Å². The van der Waals surface area contributed by atoms with Gasteiger partial charge in [-0.15, -0.1) is 23.5 Å². The Bertz CT molecular complexity index is 728. The Morgan fingerprint density at radius 2 is 1.45 bits per heavy atom. The highest BCUT2D eigenvalue weighted by molar-refractivity contribution is 8.01. The quantitative estimate of drug-likeness (QED) is 0.456. The highest BCUT2D eigenvalue weighted by atomic mass is 32.2. The van der Waals surface area contributed by atoms with Crippen LogP contribution in [0, 0.1) is 5.92 Å². The van der Waals surface area contributed by atoms with Gasteiger partial charge in [-0.3, -0.25) is 38.6 Å². The first-order chi connectivity index (χ1) is 13.6. The van der Waals surface area contributed by atoms with Crippen LogP contribution >= 0.6 is 23.5 Å². The SMILES string of the molecule is CC(CNC(=O)CSC1CC(=O)N(C)C1=O)CC(=O)CSC1CC(=O)N(C)C1=O. The second-order valence-corrected chi connectivity index (χ2v) is 9.62. The Kier molecular flexibility index (Phi) is 8.26. The van der Waals surface area contributed by atoms with Gasteiger partial charge in [0.2, 0.25) is 29.5 Å². The summed E-state index contributed by atoms with van der Waals surface area (Å²) in [4.78, 5) is 72.8. The summed E-state index contributed by atoms with van der Waals surface area (Å²) in [5, 5.41) is 1.72. The van der Waals surface area contributed by atoms with Crippen LogP contribution in [-0.4, -0.2) is 87.8 Å². The van der Waals surface area contributed by atoms with Crippen molar-refractivity contribution < 1.29 is 28.8 Å². The summed E-state index contributed by atoms with van der Waals surface area (Å²) in [6, 6.07) is 0. The average molecular weight is 444 g/mol. The number of amides is 5. The summed E-state index contributed by atoms with van der Waals surface area (Å²) >= 11 is 2.32. The molecule has 0 saturated carbocycles. The van der Waals surface area contributed by atoms with Gasteiger partial charge in [0.15, 0.2) is 0 Å². The molecule has 0 aromatic carbocycles. The molecule has 2 aliphatic rings. The second kappa shape index (κ2) is 10.2. The molecule has 2 saturated heterocycles. The fourth-order valence-corrected chi connectivity index (χ4v) is 5.01. The normalized spacial score (nSPS) is 23.1. The van der Waals surface area contributed by atoms with Gasteiger partial charge in [0.05, 0.1) is 22.0 Å². The van der Waals surface area contributed by atoms with Gasteiger partial charge < -0.3 is 5.32 Å². The molecule has 0 aliphatic carbocycles. The van der Waals surface area contributed by atoms with Gasteiger partial charge in [0.25, 0.3) is 0 Å². The van der Waals surface area contributed by atoms with E-state index in [0.717, 1.165) is 21.6 Å². The highest BCUT2D eigenvalue weighted by Crippen LogP contribution is 2.25. The van der Waals surface area contributed by atoms with Crippen molar-refractivity contribution in [2.24, 2.45) is 5.92 Å². The molecule has 0 aromatic heterocycles. The van der Waals surface area contributed by atoms with Crippen molar-refractivity contribution in [1.82, 2.24) is 15.1 Å². The van der Waals surface area contributed by atoms with Crippen LogP contribution in [0.3, 0.4) is 0 Å². The van der Waals surface area contributed by atoms with Crippen LogP contribution in [0.1, 0.15) is 26.2 Å². The van der Waals surface area contributed by atoms with E-state index in [4.69, 9.17) is 0 Å². The van der Waals surface area contributed by atoms with Gasteiger partial charge in [-0.05, 0) is 5.92 Å². The van der Waals surface area contributed by atoms with E-state index in [2.05, 4.69) is 5.32 Å². The van der Waals surface area contributed by atoms with Crippen LogP contribution in [0.15, 0.2) is 0 Å². The van der Waals surface area contributed by atoms with Crippen molar-refractivity contribution in [2.75, 3.05) is 32.1 Å². The number of hydrogen-bond donors (Lipinski definition) is 1. The Hall–Kier alpha value is -1.88. The van der Waals surface area contributed by atoms with Crippen LogP contribution in [-0.2, 0) is 28.8 Å². The van der Waals surface area contributed by atoms with E-state index in [0.29, 0.717) is 6.54 Å². The van der Waals surface area contributed by atoms with Gasteiger partial charge in [-0.1, -0.05) is 6.92 Å². The average Bonchev–Trinajstić information content (AvgIpc) is 3.07. The Labute approximate surface area is 177 Å². The van der Waals surface area contributed by atoms with Crippen molar-refractivity contribution in [2.45, 2.75) is 36.7 Å². The number of Topliss-reactive ketones (excluding diaryl/α,β-unsaturated/α-hetero) is 1. The van der Waals surface area contributed by atoms with Crippen LogP contribution in [0.4, 0.5) is 0 Å². The fraction of sp³-hybridized carbons (Fsp3) is 0.667. The van der Waals surface area contributed by atoms with E-state index in [9.17, 15) is 28.8 Å². The largest absolute Gasteiger partial charge is 0.355 e. The van der Waals surface area contributed by atoms with Gasteiger partial charge >= 0.3 is 0 Å². The Balaban J connectivity index is 1.61. The first kappa shape index (κ1) is 23.4. The first-order valence-electron chi connectivity index (χ1n) is 9.22. The summed E-state index contributed by atoms with van der Waals surface area (Å²) < 4.78 is 0. The molecule has 9 nitrogen and oxygen atoms in total. The lowest BCUT2D eigenvalue weighted by molar-refractivity contribution is -0.138. The molecule has 0 radical (unpaired) electrons.